The molecule has 0 aliphatic heterocycles. The van der Waals surface area contributed by atoms with Crippen molar-refractivity contribution in [2.24, 2.45) is 11.7 Å². The number of anilines is 1. The Bertz CT molecular complexity index is 1200. The van der Waals surface area contributed by atoms with Gasteiger partial charge in [-0.3, -0.25) is 9.78 Å². The van der Waals surface area contributed by atoms with Gasteiger partial charge in [-0.2, -0.15) is 0 Å². The molecule has 30 heavy (non-hydrogen) atoms. The van der Waals surface area contributed by atoms with Crippen LogP contribution < -0.4 is 11.1 Å². The van der Waals surface area contributed by atoms with Crippen molar-refractivity contribution >= 4 is 28.2 Å². The molecule has 2 aromatic heterocycles. The third-order valence-electron chi connectivity index (χ3n) is 4.78. The molecular formula is C23H20FN5O. The summed E-state index contributed by atoms with van der Waals surface area (Å²) in [6, 6.07) is 9.54. The van der Waals surface area contributed by atoms with Crippen molar-refractivity contribution < 1.29 is 9.18 Å². The largest absolute Gasteiger partial charge is 0.402 e. The summed E-state index contributed by atoms with van der Waals surface area (Å²) in [7, 11) is 0. The quantitative estimate of drug-likeness (QED) is 0.598. The van der Waals surface area contributed by atoms with Crippen LogP contribution in [0.3, 0.4) is 0 Å². The number of carbonyl (C=O) groups excluding carboxylic acids is 1. The van der Waals surface area contributed by atoms with Crippen molar-refractivity contribution in [3.8, 4) is 11.3 Å². The van der Waals surface area contributed by atoms with Gasteiger partial charge in [0.25, 0.3) is 0 Å². The Balaban J connectivity index is 1.87. The highest BCUT2D eigenvalue weighted by atomic mass is 19.1. The SMILES string of the molecule is C=C/C=C(\C(F)=C/N)c1ncc(NC(=O)C2CC2)nc1-c1cnc2ccccc2c1. The van der Waals surface area contributed by atoms with E-state index in [2.05, 4.69) is 26.8 Å². The lowest BCUT2D eigenvalue weighted by atomic mass is 10.0. The molecule has 1 aromatic carbocycles. The minimum absolute atomic E-state index is 0.0195. The van der Waals surface area contributed by atoms with Crippen LogP contribution in [0, 0.1) is 5.92 Å². The lowest BCUT2D eigenvalue weighted by Gasteiger charge is -2.13. The number of para-hydroxylation sites is 1. The maximum atomic E-state index is 14.5. The standard InChI is InChI=1S/C23H20FN5O/c1-2-5-17(18(24)11-25)22-21(16-10-15-6-3-4-7-19(15)26-12-16)28-20(13-27-22)29-23(30)14-8-9-14/h2-7,10-14H,1,8-9,25H2,(H,28,29,30)/b17-5+,18-11+. The molecule has 2 heterocycles. The number of nitrogens with one attached hydrogen (secondary N) is 1. The van der Waals surface area contributed by atoms with Gasteiger partial charge in [0.1, 0.15) is 11.5 Å². The molecule has 6 nitrogen and oxygen atoms in total. The normalized spacial score (nSPS) is 14.6. The number of allylic oxidation sites excluding steroid dienone is 4. The molecule has 150 valence electrons. The van der Waals surface area contributed by atoms with E-state index in [0.29, 0.717) is 17.1 Å². The molecule has 1 aliphatic rings. The molecule has 0 radical (unpaired) electrons. The van der Waals surface area contributed by atoms with Crippen LogP contribution in [0.4, 0.5) is 10.2 Å². The second-order valence-electron chi connectivity index (χ2n) is 6.96. The fraction of sp³-hybridized carbons (Fsp3) is 0.130. The highest BCUT2D eigenvalue weighted by molar-refractivity contribution is 5.94. The third-order valence-corrected chi connectivity index (χ3v) is 4.78. The molecule has 1 aliphatic carbocycles. The van der Waals surface area contributed by atoms with E-state index in [1.54, 1.807) is 6.20 Å². The second-order valence-corrected chi connectivity index (χ2v) is 6.96. The number of halogens is 1. The number of hydrogen-bond acceptors (Lipinski definition) is 5. The number of carbonyl (C=O) groups is 1. The van der Waals surface area contributed by atoms with E-state index in [0.717, 1.165) is 29.9 Å². The first kappa shape index (κ1) is 19.4. The molecule has 0 spiro atoms. The Hall–Kier alpha value is -3.87. The minimum atomic E-state index is -0.658. The van der Waals surface area contributed by atoms with Crippen molar-refractivity contribution in [2.75, 3.05) is 5.32 Å². The molecule has 0 unspecified atom stereocenters. The van der Waals surface area contributed by atoms with Crippen molar-refractivity contribution in [3.05, 3.63) is 79.2 Å². The number of amides is 1. The minimum Gasteiger partial charge on any atom is -0.402 e. The van der Waals surface area contributed by atoms with Crippen LogP contribution in [0.2, 0.25) is 0 Å². The fourth-order valence-electron chi connectivity index (χ4n) is 3.10. The topological polar surface area (TPSA) is 93.8 Å². The summed E-state index contributed by atoms with van der Waals surface area (Å²) in [6.07, 6.45) is 8.60. The zero-order valence-corrected chi connectivity index (χ0v) is 16.2. The molecule has 0 bridgehead atoms. The van der Waals surface area contributed by atoms with Gasteiger partial charge in [0.05, 0.1) is 17.4 Å². The van der Waals surface area contributed by atoms with E-state index < -0.39 is 5.83 Å². The molecule has 4 rings (SSSR count). The third kappa shape index (κ3) is 3.96. The predicted molar refractivity (Wildman–Crippen MR) is 116 cm³/mol. The van der Waals surface area contributed by atoms with Crippen LogP contribution in [0.1, 0.15) is 18.5 Å². The molecule has 3 aromatic rings. The number of fused-ring (bicyclic) bond motifs is 1. The molecule has 0 atom stereocenters. The number of nitrogens with zero attached hydrogens (tertiary/aromatic N) is 3. The zero-order valence-electron chi connectivity index (χ0n) is 16.2. The maximum absolute atomic E-state index is 14.5. The van der Waals surface area contributed by atoms with E-state index >= 15 is 0 Å². The Labute approximate surface area is 173 Å². The molecular weight excluding hydrogens is 381 g/mol. The van der Waals surface area contributed by atoms with E-state index in [1.807, 2.05) is 30.3 Å². The second kappa shape index (κ2) is 8.24. The number of hydrogen-bond donors (Lipinski definition) is 2. The average Bonchev–Trinajstić information content (AvgIpc) is 3.62. The zero-order chi connectivity index (χ0) is 21.1. The molecule has 0 saturated heterocycles. The Morgan fingerprint density at radius 1 is 1.23 bits per heavy atom. The monoisotopic (exact) mass is 401 g/mol. The van der Waals surface area contributed by atoms with Crippen molar-refractivity contribution in [1.29, 1.82) is 0 Å². The van der Waals surface area contributed by atoms with Gasteiger partial charge >= 0.3 is 0 Å². The number of benzene rings is 1. The molecule has 1 fully saturated rings. The van der Waals surface area contributed by atoms with E-state index in [1.165, 1.54) is 18.3 Å². The van der Waals surface area contributed by atoms with Crippen LogP contribution in [0.25, 0.3) is 27.7 Å². The summed E-state index contributed by atoms with van der Waals surface area (Å²) in [4.78, 5) is 25.6. The smallest absolute Gasteiger partial charge is 0.228 e. The van der Waals surface area contributed by atoms with Crippen LogP contribution >= 0.6 is 0 Å². The van der Waals surface area contributed by atoms with Gasteiger partial charge in [-0.15, -0.1) is 0 Å². The molecule has 1 saturated carbocycles. The predicted octanol–water partition coefficient (Wildman–Crippen LogP) is 4.38. The van der Waals surface area contributed by atoms with E-state index in [-0.39, 0.29) is 23.1 Å². The van der Waals surface area contributed by atoms with Crippen molar-refractivity contribution in [2.45, 2.75) is 12.8 Å². The molecule has 7 heteroatoms. The number of nitrogens with two attached hydrogens (primary N) is 1. The summed E-state index contributed by atoms with van der Waals surface area (Å²) < 4.78 is 14.5. The first-order valence-electron chi connectivity index (χ1n) is 9.54. The Morgan fingerprint density at radius 2 is 2.03 bits per heavy atom. The summed E-state index contributed by atoms with van der Waals surface area (Å²) in [6.45, 7) is 3.64. The number of aromatic nitrogens is 3. The van der Waals surface area contributed by atoms with Gasteiger partial charge in [-0.25, -0.2) is 14.4 Å². The van der Waals surface area contributed by atoms with Gasteiger partial charge in [0, 0.05) is 34.8 Å². The van der Waals surface area contributed by atoms with Crippen LogP contribution in [-0.4, -0.2) is 20.9 Å². The summed E-state index contributed by atoms with van der Waals surface area (Å²) in [5, 5.41) is 3.69. The number of pyridine rings is 1. The first-order chi connectivity index (χ1) is 14.6. The fourth-order valence-corrected chi connectivity index (χ4v) is 3.10. The number of rotatable bonds is 6. The van der Waals surface area contributed by atoms with Gasteiger partial charge in [-0.1, -0.05) is 36.9 Å². The van der Waals surface area contributed by atoms with E-state index in [4.69, 9.17) is 5.73 Å². The Morgan fingerprint density at radius 3 is 2.77 bits per heavy atom. The van der Waals surface area contributed by atoms with Crippen LogP contribution in [0.5, 0.6) is 0 Å². The van der Waals surface area contributed by atoms with Gasteiger partial charge in [0.2, 0.25) is 5.91 Å². The lowest BCUT2D eigenvalue weighted by Crippen LogP contribution is -2.15. The molecule has 3 N–H and O–H groups in total. The Kier molecular flexibility index (Phi) is 5.34. The van der Waals surface area contributed by atoms with Crippen LogP contribution in [-0.2, 0) is 4.79 Å². The molecule has 1 amide bonds. The van der Waals surface area contributed by atoms with Gasteiger partial charge in [0.15, 0.2) is 5.82 Å². The highest BCUT2D eigenvalue weighted by Gasteiger charge is 2.30. The summed E-state index contributed by atoms with van der Waals surface area (Å²) >= 11 is 0. The average molecular weight is 401 g/mol. The summed E-state index contributed by atoms with van der Waals surface area (Å²) in [5.41, 5.74) is 7.67. The highest BCUT2D eigenvalue weighted by Crippen LogP contribution is 2.33. The lowest BCUT2D eigenvalue weighted by molar-refractivity contribution is -0.117. The van der Waals surface area contributed by atoms with Gasteiger partial charge < -0.3 is 11.1 Å². The van der Waals surface area contributed by atoms with E-state index in [9.17, 15) is 9.18 Å². The van der Waals surface area contributed by atoms with Gasteiger partial charge in [-0.05, 0) is 25.0 Å². The van der Waals surface area contributed by atoms with Crippen LogP contribution in [0.15, 0.2) is 73.5 Å². The maximum Gasteiger partial charge on any atom is 0.228 e. The van der Waals surface area contributed by atoms with Crippen molar-refractivity contribution in [3.63, 3.8) is 0 Å². The first-order valence-corrected chi connectivity index (χ1v) is 9.54. The summed E-state index contributed by atoms with van der Waals surface area (Å²) in [5.74, 6) is -0.427. The van der Waals surface area contributed by atoms with Crippen molar-refractivity contribution in [1.82, 2.24) is 15.0 Å².